The first-order valence-electron chi connectivity index (χ1n) is 10.7. The van der Waals surface area contributed by atoms with Crippen molar-refractivity contribution in [2.75, 3.05) is 7.11 Å². The molecule has 4 rings (SSSR count). The second-order valence-electron chi connectivity index (χ2n) is 8.08. The number of thioether (sulfide) groups is 1. The Labute approximate surface area is 217 Å². The number of carbonyl (C=O) groups excluding carboxylic acids is 1. The van der Waals surface area contributed by atoms with E-state index in [-0.39, 0.29) is 5.91 Å². The Balaban J connectivity index is 1.54. The molecule has 1 saturated heterocycles. The molecule has 5 nitrogen and oxygen atoms in total. The summed E-state index contributed by atoms with van der Waals surface area (Å²) in [5.74, 6) is 1.15. The largest absolute Gasteiger partial charge is 0.493 e. The number of carbonyl (C=O) groups is 1. The highest BCUT2D eigenvalue weighted by atomic mass is 127. The van der Waals surface area contributed by atoms with E-state index in [9.17, 15) is 4.79 Å². The van der Waals surface area contributed by atoms with Gasteiger partial charge in [0.05, 0.1) is 21.3 Å². The number of halogens is 1. The molecule has 1 amide bonds. The van der Waals surface area contributed by atoms with Gasteiger partial charge in [0.25, 0.3) is 5.91 Å². The molecule has 1 N–H and O–H groups in total. The average molecular weight is 584 g/mol. The van der Waals surface area contributed by atoms with Crippen molar-refractivity contribution in [1.29, 1.82) is 0 Å². The third-order valence-electron chi connectivity index (χ3n) is 5.28. The third kappa shape index (κ3) is 5.82. The predicted molar refractivity (Wildman–Crippen MR) is 148 cm³/mol. The lowest BCUT2D eigenvalue weighted by molar-refractivity contribution is -0.115. The first-order chi connectivity index (χ1) is 16.3. The number of hydrogen-bond acceptors (Lipinski definition) is 5. The monoisotopic (exact) mass is 584 g/mol. The maximum Gasteiger partial charge on any atom is 0.264 e. The van der Waals surface area contributed by atoms with Crippen LogP contribution in [0.15, 0.2) is 64.5 Å². The van der Waals surface area contributed by atoms with Crippen LogP contribution in [0.3, 0.4) is 0 Å². The fraction of sp³-hybridized carbons (Fsp3) is 0.185. The Morgan fingerprint density at radius 3 is 2.47 bits per heavy atom. The van der Waals surface area contributed by atoms with Crippen molar-refractivity contribution < 1.29 is 14.3 Å². The molecule has 0 unspecified atom stereocenters. The van der Waals surface area contributed by atoms with Crippen LogP contribution in [0.4, 0.5) is 5.69 Å². The van der Waals surface area contributed by atoms with Crippen LogP contribution in [0.5, 0.6) is 11.5 Å². The van der Waals surface area contributed by atoms with Crippen molar-refractivity contribution >= 4 is 57.2 Å². The molecule has 0 bridgehead atoms. The minimum absolute atomic E-state index is 0.165. The van der Waals surface area contributed by atoms with E-state index in [0.717, 1.165) is 25.9 Å². The molecule has 1 heterocycles. The van der Waals surface area contributed by atoms with Crippen LogP contribution in [0, 0.1) is 24.3 Å². The van der Waals surface area contributed by atoms with Gasteiger partial charge in [0, 0.05) is 0 Å². The highest BCUT2D eigenvalue weighted by molar-refractivity contribution is 14.1. The first kappa shape index (κ1) is 24.3. The topological polar surface area (TPSA) is 59.9 Å². The average Bonchev–Trinajstić information content (AvgIpc) is 3.14. The number of aliphatic imine (C=N–C) groups is 1. The molecule has 0 radical (unpaired) electrons. The third-order valence-corrected chi connectivity index (χ3v) is 6.99. The van der Waals surface area contributed by atoms with Crippen molar-refractivity contribution in [3.63, 3.8) is 0 Å². The number of rotatable bonds is 6. The van der Waals surface area contributed by atoms with Crippen LogP contribution >= 0.6 is 34.4 Å². The molecular formula is C27H25IN2O3S. The van der Waals surface area contributed by atoms with Crippen LogP contribution in [0.25, 0.3) is 6.08 Å². The molecule has 34 heavy (non-hydrogen) atoms. The fourth-order valence-corrected chi connectivity index (χ4v) is 5.09. The summed E-state index contributed by atoms with van der Waals surface area (Å²) in [5, 5.41) is 3.43. The molecule has 0 saturated carbocycles. The Hall–Kier alpha value is -2.78. The number of aryl methyl sites for hydroxylation is 3. The number of nitrogens with zero attached hydrogens (tertiary/aromatic N) is 1. The van der Waals surface area contributed by atoms with E-state index in [1.54, 1.807) is 7.11 Å². The lowest BCUT2D eigenvalue weighted by Crippen LogP contribution is -2.19. The van der Waals surface area contributed by atoms with Gasteiger partial charge in [0.15, 0.2) is 16.7 Å². The zero-order valence-electron chi connectivity index (χ0n) is 19.4. The molecule has 1 aliphatic heterocycles. The van der Waals surface area contributed by atoms with Crippen LogP contribution < -0.4 is 14.8 Å². The molecule has 0 aromatic heterocycles. The normalized spacial score (nSPS) is 15.6. The van der Waals surface area contributed by atoms with Gasteiger partial charge in [0.1, 0.15) is 6.61 Å². The van der Waals surface area contributed by atoms with Gasteiger partial charge in [-0.15, -0.1) is 0 Å². The molecule has 174 valence electrons. The van der Waals surface area contributed by atoms with E-state index >= 15 is 0 Å². The zero-order chi connectivity index (χ0) is 24.2. The van der Waals surface area contributed by atoms with Crippen molar-refractivity contribution in [3.05, 3.63) is 90.9 Å². The minimum Gasteiger partial charge on any atom is -0.493 e. The Morgan fingerprint density at radius 1 is 1.03 bits per heavy atom. The molecule has 1 fully saturated rings. The summed E-state index contributed by atoms with van der Waals surface area (Å²) in [6.45, 7) is 6.57. The number of methoxy groups -OCH3 is 1. The summed E-state index contributed by atoms with van der Waals surface area (Å²) in [6, 6.07) is 18.2. The lowest BCUT2D eigenvalue weighted by Gasteiger charge is -2.14. The Bertz CT molecular complexity index is 1300. The quantitative estimate of drug-likeness (QED) is 0.259. The van der Waals surface area contributed by atoms with E-state index in [2.05, 4.69) is 70.2 Å². The van der Waals surface area contributed by atoms with Crippen LogP contribution in [-0.2, 0) is 11.4 Å². The van der Waals surface area contributed by atoms with E-state index in [1.165, 1.54) is 22.9 Å². The predicted octanol–water partition coefficient (Wildman–Crippen LogP) is 6.70. The summed E-state index contributed by atoms with van der Waals surface area (Å²) in [7, 11) is 1.62. The second kappa shape index (κ2) is 10.7. The van der Waals surface area contributed by atoms with Crippen molar-refractivity contribution in [2.45, 2.75) is 27.4 Å². The Morgan fingerprint density at radius 2 is 1.76 bits per heavy atom. The fourth-order valence-electron chi connectivity index (χ4n) is 3.48. The highest BCUT2D eigenvalue weighted by Gasteiger charge is 2.24. The van der Waals surface area contributed by atoms with Gasteiger partial charge in [-0.2, -0.15) is 0 Å². The standard InChI is InChI=1S/C27H25IN2O3S/c1-16-5-8-19(9-6-16)15-33-25-21(28)12-20(13-23(25)32-4)14-24-26(31)30-27(34-24)29-22-10-7-17(2)11-18(22)3/h5-14H,15H2,1-4H3,(H,29,30,31)/b24-14+. The van der Waals surface area contributed by atoms with Crippen molar-refractivity contribution in [3.8, 4) is 11.5 Å². The number of benzene rings is 3. The van der Waals surface area contributed by atoms with Crippen LogP contribution in [0.2, 0.25) is 0 Å². The summed E-state index contributed by atoms with van der Waals surface area (Å²) >= 11 is 3.56. The van der Waals surface area contributed by atoms with E-state index in [1.807, 2.05) is 44.2 Å². The van der Waals surface area contributed by atoms with Gasteiger partial charge in [0.2, 0.25) is 0 Å². The van der Waals surface area contributed by atoms with Crippen LogP contribution in [-0.4, -0.2) is 18.2 Å². The highest BCUT2D eigenvalue weighted by Crippen LogP contribution is 2.36. The maximum atomic E-state index is 12.6. The maximum absolute atomic E-state index is 12.6. The SMILES string of the molecule is COc1cc(/C=C2/SC(=Nc3ccc(C)cc3C)NC2=O)cc(I)c1OCc1ccc(C)cc1. The molecule has 0 aliphatic carbocycles. The van der Waals surface area contributed by atoms with Crippen LogP contribution in [0.1, 0.15) is 27.8 Å². The van der Waals surface area contributed by atoms with Gasteiger partial charge in [-0.3, -0.25) is 4.79 Å². The van der Waals surface area contributed by atoms with Gasteiger partial charge in [-0.1, -0.05) is 47.5 Å². The van der Waals surface area contributed by atoms with Crippen molar-refractivity contribution in [2.24, 2.45) is 4.99 Å². The molecule has 3 aromatic carbocycles. The summed E-state index contributed by atoms with van der Waals surface area (Å²) < 4.78 is 12.6. The van der Waals surface area contributed by atoms with Crippen molar-refractivity contribution in [1.82, 2.24) is 5.32 Å². The molecule has 0 atom stereocenters. The number of nitrogens with one attached hydrogen (secondary N) is 1. The summed E-state index contributed by atoms with van der Waals surface area (Å²) in [6.07, 6.45) is 1.85. The number of hydrogen-bond donors (Lipinski definition) is 1. The number of amides is 1. The summed E-state index contributed by atoms with van der Waals surface area (Å²) in [5.41, 5.74) is 6.25. The van der Waals surface area contributed by atoms with E-state index < -0.39 is 0 Å². The zero-order valence-corrected chi connectivity index (χ0v) is 22.4. The minimum atomic E-state index is -0.165. The second-order valence-corrected chi connectivity index (χ2v) is 10.3. The van der Waals surface area contributed by atoms with Gasteiger partial charge < -0.3 is 14.8 Å². The van der Waals surface area contributed by atoms with E-state index in [0.29, 0.717) is 28.2 Å². The van der Waals surface area contributed by atoms with E-state index in [4.69, 9.17) is 9.47 Å². The first-order valence-corrected chi connectivity index (χ1v) is 12.6. The molecular weight excluding hydrogens is 559 g/mol. The summed E-state index contributed by atoms with van der Waals surface area (Å²) in [4.78, 5) is 17.8. The molecule has 7 heteroatoms. The Kier molecular flexibility index (Phi) is 7.63. The number of amidine groups is 1. The molecule has 0 spiro atoms. The molecule has 1 aliphatic rings. The van der Waals surface area contributed by atoms with Gasteiger partial charge in [-0.25, -0.2) is 4.99 Å². The lowest BCUT2D eigenvalue weighted by atomic mass is 10.1. The smallest absolute Gasteiger partial charge is 0.264 e. The van der Waals surface area contributed by atoms with Gasteiger partial charge in [-0.05, 0) is 96.1 Å². The number of ether oxygens (including phenoxy) is 2. The molecule has 3 aromatic rings. The van der Waals surface area contributed by atoms with Gasteiger partial charge >= 0.3 is 0 Å².